The van der Waals surface area contributed by atoms with Crippen molar-refractivity contribution in [2.75, 3.05) is 5.32 Å². The summed E-state index contributed by atoms with van der Waals surface area (Å²) in [5, 5.41) is 12.5. The van der Waals surface area contributed by atoms with Crippen LogP contribution in [-0.4, -0.2) is 6.04 Å². The normalized spacial score (nSPS) is 24.1. The van der Waals surface area contributed by atoms with Crippen LogP contribution in [0, 0.1) is 17.2 Å². The Bertz CT molecular complexity index is 450. The minimum absolute atomic E-state index is 0.562. The van der Waals surface area contributed by atoms with Crippen LogP contribution in [0.3, 0.4) is 0 Å². The summed E-state index contributed by atoms with van der Waals surface area (Å²) in [6.07, 6.45) is 6.60. The highest BCUT2D eigenvalue weighted by molar-refractivity contribution is 9.10. The standard InChI is InChI=1S/C15H19BrN2/c1-11-5-3-2-4-6-15(11)18-13-8-7-12(10-17)14(16)9-13/h7-9,11,15,18H,2-6H2,1H3. The molecule has 2 nitrogen and oxygen atoms in total. The van der Waals surface area contributed by atoms with Crippen molar-refractivity contribution in [3.8, 4) is 6.07 Å². The predicted molar refractivity (Wildman–Crippen MR) is 78.5 cm³/mol. The van der Waals surface area contributed by atoms with Crippen LogP contribution in [0.5, 0.6) is 0 Å². The third-order valence-electron chi connectivity index (χ3n) is 3.80. The lowest BCUT2D eigenvalue weighted by molar-refractivity contribution is 0.456. The summed E-state index contributed by atoms with van der Waals surface area (Å²) >= 11 is 3.44. The zero-order chi connectivity index (χ0) is 13.0. The lowest BCUT2D eigenvalue weighted by Crippen LogP contribution is -2.26. The van der Waals surface area contributed by atoms with Crippen LogP contribution in [0.25, 0.3) is 0 Å². The van der Waals surface area contributed by atoms with E-state index in [1.807, 2.05) is 18.2 Å². The molecule has 2 rings (SSSR count). The molecule has 0 heterocycles. The van der Waals surface area contributed by atoms with E-state index in [0.717, 1.165) is 16.1 Å². The van der Waals surface area contributed by atoms with Crippen molar-refractivity contribution in [1.82, 2.24) is 0 Å². The van der Waals surface area contributed by atoms with E-state index >= 15 is 0 Å². The molecule has 2 atom stereocenters. The quantitative estimate of drug-likeness (QED) is 0.804. The second-order valence-corrected chi connectivity index (χ2v) is 6.03. The van der Waals surface area contributed by atoms with Gasteiger partial charge in [0.05, 0.1) is 5.56 Å². The van der Waals surface area contributed by atoms with Gasteiger partial charge in [-0.15, -0.1) is 0 Å². The highest BCUT2D eigenvalue weighted by atomic mass is 79.9. The first kappa shape index (κ1) is 13.4. The summed E-state index contributed by atoms with van der Waals surface area (Å²) < 4.78 is 0.872. The average Bonchev–Trinajstić information content (AvgIpc) is 2.55. The molecule has 0 aromatic heterocycles. The molecule has 1 aliphatic carbocycles. The van der Waals surface area contributed by atoms with Gasteiger partial charge < -0.3 is 5.32 Å². The summed E-state index contributed by atoms with van der Waals surface area (Å²) in [5.41, 5.74) is 1.80. The Labute approximate surface area is 118 Å². The van der Waals surface area contributed by atoms with Gasteiger partial charge in [0.1, 0.15) is 6.07 Å². The second-order valence-electron chi connectivity index (χ2n) is 5.17. The fraction of sp³-hybridized carbons (Fsp3) is 0.533. The molecule has 1 saturated carbocycles. The molecule has 1 aromatic carbocycles. The molecule has 96 valence electrons. The molecule has 2 unspecified atom stereocenters. The molecule has 1 fully saturated rings. The smallest absolute Gasteiger partial charge is 0.100 e. The number of nitriles is 1. The number of nitrogens with zero attached hydrogens (tertiary/aromatic N) is 1. The summed E-state index contributed by atoms with van der Waals surface area (Å²) in [6, 6.07) is 8.61. The van der Waals surface area contributed by atoms with Gasteiger partial charge in [-0.1, -0.05) is 26.2 Å². The van der Waals surface area contributed by atoms with Gasteiger partial charge in [-0.2, -0.15) is 5.26 Å². The van der Waals surface area contributed by atoms with Crippen LogP contribution in [0.4, 0.5) is 5.69 Å². The van der Waals surface area contributed by atoms with Gasteiger partial charge in [-0.25, -0.2) is 0 Å². The van der Waals surface area contributed by atoms with Gasteiger partial charge in [0.15, 0.2) is 0 Å². The van der Waals surface area contributed by atoms with Crippen molar-refractivity contribution in [2.24, 2.45) is 5.92 Å². The zero-order valence-corrected chi connectivity index (χ0v) is 12.3. The van der Waals surface area contributed by atoms with Gasteiger partial charge in [0.2, 0.25) is 0 Å². The molecular weight excluding hydrogens is 288 g/mol. The first-order chi connectivity index (χ1) is 8.70. The Morgan fingerprint density at radius 3 is 2.78 bits per heavy atom. The summed E-state index contributed by atoms with van der Waals surface area (Å²) in [6.45, 7) is 2.33. The minimum atomic E-state index is 0.562. The first-order valence-electron chi connectivity index (χ1n) is 6.67. The monoisotopic (exact) mass is 306 g/mol. The molecule has 0 bridgehead atoms. The van der Waals surface area contributed by atoms with E-state index in [9.17, 15) is 0 Å². The molecule has 0 saturated heterocycles. The second kappa shape index (κ2) is 6.24. The SMILES string of the molecule is CC1CCCCCC1Nc1ccc(C#N)c(Br)c1. The van der Waals surface area contributed by atoms with E-state index in [4.69, 9.17) is 5.26 Å². The maximum Gasteiger partial charge on any atom is 0.100 e. The van der Waals surface area contributed by atoms with E-state index in [0.29, 0.717) is 11.6 Å². The minimum Gasteiger partial charge on any atom is -0.382 e. The van der Waals surface area contributed by atoms with Gasteiger partial charge >= 0.3 is 0 Å². The lowest BCUT2D eigenvalue weighted by atomic mass is 9.96. The number of halogens is 1. The van der Waals surface area contributed by atoms with E-state index in [1.54, 1.807) is 0 Å². The highest BCUT2D eigenvalue weighted by Crippen LogP contribution is 2.27. The van der Waals surface area contributed by atoms with Crippen molar-refractivity contribution in [3.63, 3.8) is 0 Å². The number of hydrogen-bond acceptors (Lipinski definition) is 2. The van der Waals surface area contributed by atoms with E-state index < -0.39 is 0 Å². The summed E-state index contributed by atoms with van der Waals surface area (Å²) in [4.78, 5) is 0. The molecule has 1 aromatic rings. The summed E-state index contributed by atoms with van der Waals surface area (Å²) in [7, 11) is 0. The maximum atomic E-state index is 8.91. The maximum absolute atomic E-state index is 8.91. The van der Waals surface area contributed by atoms with E-state index in [1.165, 1.54) is 32.1 Å². The van der Waals surface area contributed by atoms with Crippen molar-refractivity contribution in [2.45, 2.75) is 45.1 Å². The number of benzene rings is 1. The first-order valence-corrected chi connectivity index (χ1v) is 7.46. The summed E-state index contributed by atoms with van der Waals surface area (Å²) in [5.74, 6) is 0.724. The molecule has 3 heteroatoms. The number of rotatable bonds is 2. The number of nitrogens with one attached hydrogen (secondary N) is 1. The van der Waals surface area contributed by atoms with Gasteiger partial charge in [-0.05, 0) is 52.9 Å². The molecule has 0 amide bonds. The van der Waals surface area contributed by atoms with Crippen LogP contribution in [0.2, 0.25) is 0 Å². The number of anilines is 1. The third-order valence-corrected chi connectivity index (χ3v) is 4.46. The highest BCUT2D eigenvalue weighted by Gasteiger charge is 2.19. The Morgan fingerprint density at radius 1 is 1.28 bits per heavy atom. The number of hydrogen-bond donors (Lipinski definition) is 1. The Kier molecular flexibility index (Phi) is 4.66. The van der Waals surface area contributed by atoms with Gasteiger partial charge in [-0.3, -0.25) is 0 Å². The molecule has 1 N–H and O–H groups in total. The van der Waals surface area contributed by atoms with Crippen LogP contribution in [-0.2, 0) is 0 Å². The zero-order valence-electron chi connectivity index (χ0n) is 10.7. The third kappa shape index (κ3) is 3.26. The van der Waals surface area contributed by atoms with Crippen molar-refractivity contribution in [1.29, 1.82) is 5.26 Å². The largest absolute Gasteiger partial charge is 0.382 e. The topological polar surface area (TPSA) is 35.8 Å². The van der Waals surface area contributed by atoms with Crippen molar-refractivity contribution in [3.05, 3.63) is 28.2 Å². The van der Waals surface area contributed by atoms with Crippen molar-refractivity contribution < 1.29 is 0 Å². The lowest BCUT2D eigenvalue weighted by Gasteiger charge is -2.24. The van der Waals surface area contributed by atoms with Crippen LogP contribution in [0.15, 0.2) is 22.7 Å². The molecule has 18 heavy (non-hydrogen) atoms. The predicted octanol–water partition coefficient (Wildman–Crippen LogP) is 4.70. The molecule has 1 aliphatic rings. The Balaban J connectivity index is 2.08. The Hall–Kier alpha value is -1.01. The van der Waals surface area contributed by atoms with Gasteiger partial charge in [0.25, 0.3) is 0 Å². The van der Waals surface area contributed by atoms with Crippen LogP contribution < -0.4 is 5.32 Å². The van der Waals surface area contributed by atoms with Crippen molar-refractivity contribution >= 4 is 21.6 Å². The molecular formula is C15H19BrN2. The fourth-order valence-electron chi connectivity index (χ4n) is 2.62. The fourth-order valence-corrected chi connectivity index (χ4v) is 3.08. The Morgan fingerprint density at radius 2 is 2.06 bits per heavy atom. The molecule has 0 radical (unpaired) electrons. The van der Waals surface area contributed by atoms with Crippen LogP contribution in [0.1, 0.15) is 44.6 Å². The van der Waals surface area contributed by atoms with E-state index in [-0.39, 0.29) is 0 Å². The average molecular weight is 307 g/mol. The molecule has 0 aliphatic heterocycles. The van der Waals surface area contributed by atoms with Gasteiger partial charge in [0, 0.05) is 16.2 Å². The van der Waals surface area contributed by atoms with Crippen LogP contribution >= 0.6 is 15.9 Å². The van der Waals surface area contributed by atoms with E-state index in [2.05, 4.69) is 34.2 Å². The molecule has 0 spiro atoms.